The van der Waals surface area contributed by atoms with Gasteiger partial charge < -0.3 is 40.5 Å². The number of phenols is 6. The Bertz CT molecular complexity index is 1490. The van der Waals surface area contributed by atoms with Gasteiger partial charge in [-0.1, -0.05) is 38.1 Å². The summed E-state index contributed by atoms with van der Waals surface area (Å²) >= 11 is 0. The molecule has 3 aromatic rings. The average Bonchev–Trinajstić information content (AvgIpc) is 2.91. The average molecular weight is 565 g/mol. The third kappa shape index (κ3) is 8.18. The van der Waals surface area contributed by atoms with Crippen LogP contribution >= 0.6 is 0 Å². The highest BCUT2D eigenvalue weighted by molar-refractivity contribution is 5.91. The molecule has 0 saturated heterocycles. The van der Waals surface area contributed by atoms with Crippen LogP contribution in [0.1, 0.15) is 48.1 Å². The molecule has 0 aromatic heterocycles. The summed E-state index contributed by atoms with van der Waals surface area (Å²) in [7, 11) is 0. The van der Waals surface area contributed by atoms with Crippen molar-refractivity contribution in [3.8, 4) is 34.5 Å². The first-order chi connectivity index (χ1) is 19.3. The first-order valence-corrected chi connectivity index (χ1v) is 12.8. The van der Waals surface area contributed by atoms with Crippen molar-refractivity contribution in [3.05, 3.63) is 76.4 Å². The molecule has 0 spiro atoms. The lowest BCUT2D eigenvalue weighted by Gasteiger charge is -2.15. The molecule has 0 aliphatic rings. The predicted octanol–water partition coefficient (Wildman–Crippen LogP) is 4.93. The minimum atomic E-state index is -1.59. The Morgan fingerprint density at radius 2 is 1.46 bits per heavy atom. The molecule has 0 amide bonds. The fraction of sp³-hybridized carbons (Fsp3) is 0.226. The van der Waals surface area contributed by atoms with Crippen LogP contribution in [0, 0.1) is 5.92 Å². The van der Waals surface area contributed by atoms with E-state index in [-0.39, 0.29) is 35.3 Å². The van der Waals surface area contributed by atoms with Gasteiger partial charge in [-0.25, -0.2) is 9.59 Å². The van der Waals surface area contributed by atoms with Crippen molar-refractivity contribution < 1.29 is 50.1 Å². The highest BCUT2D eigenvalue weighted by Gasteiger charge is 2.23. The number of esters is 1. The summed E-state index contributed by atoms with van der Waals surface area (Å²) in [5, 5.41) is 69.1. The van der Waals surface area contributed by atoms with Crippen molar-refractivity contribution in [1.29, 1.82) is 0 Å². The maximum Gasteiger partial charge on any atom is 0.345 e. The van der Waals surface area contributed by atoms with Crippen LogP contribution in [-0.4, -0.2) is 53.8 Å². The molecular formula is C31H32O10. The molecule has 41 heavy (non-hydrogen) atoms. The van der Waals surface area contributed by atoms with Crippen LogP contribution in [0.4, 0.5) is 0 Å². The van der Waals surface area contributed by atoms with Crippen molar-refractivity contribution in [1.82, 2.24) is 0 Å². The lowest BCUT2D eigenvalue weighted by molar-refractivity contribution is -0.160. The molecule has 0 saturated carbocycles. The van der Waals surface area contributed by atoms with Gasteiger partial charge in [-0.2, -0.15) is 0 Å². The number of aliphatic carboxylic acids is 1. The van der Waals surface area contributed by atoms with Crippen LogP contribution in [0.25, 0.3) is 18.2 Å². The number of phenolic OH excluding ortho intramolecular Hbond substituents is 6. The van der Waals surface area contributed by atoms with Crippen LogP contribution in [0.15, 0.2) is 48.5 Å². The maximum absolute atomic E-state index is 12.6. The first kappa shape index (κ1) is 30.4. The van der Waals surface area contributed by atoms with Crippen molar-refractivity contribution in [3.63, 3.8) is 0 Å². The number of benzene rings is 3. The summed E-state index contributed by atoms with van der Waals surface area (Å²) in [6, 6.07) is 9.21. The molecule has 0 radical (unpaired) electrons. The summed E-state index contributed by atoms with van der Waals surface area (Å²) in [4.78, 5) is 24.3. The largest absolute Gasteiger partial charge is 0.504 e. The predicted molar refractivity (Wildman–Crippen MR) is 152 cm³/mol. The smallest absolute Gasteiger partial charge is 0.345 e. The summed E-state index contributed by atoms with van der Waals surface area (Å²) in [5.74, 6) is -4.29. The first-order valence-electron chi connectivity index (χ1n) is 12.8. The molecule has 0 bridgehead atoms. The van der Waals surface area contributed by atoms with Gasteiger partial charge in [0.05, 0.1) is 0 Å². The van der Waals surface area contributed by atoms with Gasteiger partial charge in [0.1, 0.15) is 0 Å². The molecule has 10 nitrogen and oxygen atoms in total. The Morgan fingerprint density at radius 1 is 0.805 bits per heavy atom. The second kappa shape index (κ2) is 13.3. The number of carboxylic acid groups (broad SMARTS) is 1. The molecule has 7 N–H and O–H groups in total. The van der Waals surface area contributed by atoms with Gasteiger partial charge in [0.25, 0.3) is 0 Å². The van der Waals surface area contributed by atoms with Gasteiger partial charge in [-0.05, 0) is 77.4 Å². The zero-order chi connectivity index (χ0) is 30.3. The van der Waals surface area contributed by atoms with Crippen molar-refractivity contribution in [2.45, 2.75) is 39.2 Å². The van der Waals surface area contributed by atoms with E-state index in [1.165, 1.54) is 42.5 Å². The van der Waals surface area contributed by atoms with E-state index < -0.39 is 29.5 Å². The van der Waals surface area contributed by atoms with Gasteiger partial charge in [-0.15, -0.1) is 0 Å². The van der Waals surface area contributed by atoms with E-state index in [1.807, 2.05) is 13.8 Å². The summed E-state index contributed by atoms with van der Waals surface area (Å²) < 4.78 is 5.11. The molecule has 0 aliphatic carbocycles. The Hall–Kier alpha value is -5.12. The Balaban J connectivity index is 1.93. The number of ether oxygens (including phenoxy) is 1. The van der Waals surface area contributed by atoms with Crippen molar-refractivity contribution >= 4 is 30.2 Å². The van der Waals surface area contributed by atoms with Gasteiger partial charge >= 0.3 is 11.9 Å². The zero-order valence-corrected chi connectivity index (χ0v) is 22.5. The van der Waals surface area contributed by atoms with Crippen LogP contribution in [0.5, 0.6) is 34.5 Å². The molecule has 0 heterocycles. The Labute approximate surface area is 236 Å². The number of carboxylic acids is 1. The normalized spacial score (nSPS) is 12.3. The lowest BCUT2D eigenvalue weighted by Crippen LogP contribution is -2.28. The SMILES string of the molecule is CC(C)CCc1c(O)c(O)cc(C=CC(=O)OC(Cc2ccc(O)c(O)c2)C(=O)O)c1C=Cc1ccc(O)c(O)c1. The lowest BCUT2D eigenvalue weighted by atomic mass is 9.92. The van der Waals surface area contributed by atoms with E-state index >= 15 is 0 Å². The molecule has 1 atom stereocenters. The van der Waals surface area contributed by atoms with Crippen molar-refractivity contribution in [2.75, 3.05) is 0 Å². The van der Waals surface area contributed by atoms with Gasteiger partial charge in [0, 0.05) is 18.1 Å². The molecule has 216 valence electrons. The second-order valence-electron chi connectivity index (χ2n) is 9.86. The third-order valence-corrected chi connectivity index (χ3v) is 6.26. The summed E-state index contributed by atoms with van der Waals surface area (Å²) in [6.07, 6.45) is 4.77. The van der Waals surface area contributed by atoms with Crippen LogP contribution in [0.2, 0.25) is 0 Å². The van der Waals surface area contributed by atoms with E-state index in [9.17, 15) is 45.3 Å². The van der Waals surface area contributed by atoms with E-state index in [0.29, 0.717) is 40.7 Å². The number of rotatable bonds is 11. The molecule has 1 unspecified atom stereocenters. The van der Waals surface area contributed by atoms with Crippen LogP contribution in [0.3, 0.4) is 0 Å². The molecule has 10 heteroatoms. The minimum absolute atomic E-state index is 0.268. The quantitative estimate of drug-likeness (QED) is 0.0729. The molecule has 0 fully saturated rings. The Kier molecular flexibility index (Phi) is 9.86. The number of aromatic hydroxyl groups is 6. The highest BCUT2D eigenvalue weighted by Crippen LogP contribution is 2.37. The van der Waals surface area contributed by atoms with Crippen LogP contribution in [-0.2, 0) is 27.2 Å². The fourth-order valence-electron chi connectivity index (χ4n) is 4.02. The second-order valence-corrected chi connectivity index (χ2v) is 9.86. The van der Waals surface area contributed by atoms with E-state index in [1.54, 1.807) is 18.2 Å². The number of hydrogen-bond acceptors (Lipinski definition) is 9. The monoisotopic (exact) mass is 564 g/mol. The van der Waals surface area contributed by atoms with E-state index in [4.69, 9.17) is 4.74 Å². The van der Waals surface area contributed by atoms with Gasteiger partial charge in [0.15, 0.2) is 34.5 Å². The van der Waals surface area contributed by atoms with Gasteiger partial charge in [-0.3, -0.25) is 0 Å². The van der Waals surface area contributed by atoms with Crippen molar-refractivity contribution in [2.24, 2.45) is 5.92 Å². The molecule has 0 aliphatic heterocycles. The standard InChI is InChI=1S/C31H32O10/c1-17(2)3-8-22-21(9-4-18-5-10-23(32)25(34)13-18)20(16-27(36)30(22)38)7-12-29(37)41-28(31(39)40)15-19-6-11-24(33)26(35)14-19/h4-7,9-14,16-17,28,32-36,38H,3,8,15H2,1-2H3,(H,39,40). The van der Waals surface area contributed by atoms with E-state index in [0.717, 1.165) is 6.08 Å². The van der Waals surface area contributed by atoms with Gasteiger partial charge in [0.2, 0.25) is 6.10 Å². The van der Waals surface area contributed by atoms with E-state index in [2.05, 4.69) is 0 Å². The summed E-state index contributed by atoms with van der Waals surface area (Å²) in [6.45, 7) is 4.01. The minimum Gasteiger partial charge on any atom is -0.504 e. The zero-order valence-electron chi connectivity index (χ0n) is 22.5. The third-order valence-electron chi connectivity index (χ3n) is 6.26. The molecule has 3 rings (SSSR count). The van der Waals surface area contributed by atoms with Crippen LogP contribution < -0.4 is 0 Å². The molecule has 3 aromatic carbocycles. The number of carbonyl (C=O) groups excluding carboxylic acids is 1. The Morgan fingerprint density at radius 3 is 2.07 bits per heavy atom. The maximum atomic E-state index is 12.6. The fourth-order valence-corrected chi connectivity index (χ4v) is 4.02. The summed E-state index contributed by atoms with van der Waals surface area (Å²) in [5.41, 5.74) is 2.05. The topological polar surface area (TPSA) is 185 Å². The highest BCUT2D eigenvalue weighted by atomic mass is 16.6. The number of hydrogen-bond donors (Lipinski definition) is 7. The number of carbonyl (C=O) groups is 2. The molecular weight excluding hydrogens is 532 g/mol.